The van der Waals surface area contributed by atoms with Gasteiger partial charge in [0.2, 0.25) is 5.91 Å². The highest BCUT2D eigenvalue weighted by Crippen LogP contribution is 2.09. The molecular weight excluding hydrogens is 240 g/mol. The maximum Gasteiger partial charge on any atom is 0.239 e. The first kappa shape index (κ1) is 14.1. The fraction of sp³-hybridized carbons (Fsp3) is 0.714. The summed E-state index contributed by atoms with van der Waals surface area (Å²) in [5.41, 5.74) is 2.22. The highest BCUT2D eigenvalue weighted by atomic mass is 16.2. The van der Waals surface area contributed by atoms with Crippen molar-refractivity contribution in [3.05, 3.63) is 17.5 Å². The van der Waals surface area contributed by atoms with Gasteiger partial charge in [-0.1, -0.05) is 6.92 Å². The summed E-state index contributed by atoms with van der Waals surface area (Å²) in [6.45, 7) is 6.55. The average molecular weight is 264 g/mol. The Balaban J connectivity index is 1.86. The number of hydrogen-bond acceptors (Lipinski definition) is 3. The molecule has 2 heterocycles. The number of nitrogens with zero attached hydrogens (tertiary/aromatic N) is 3. The van der Waals surface area contributed by atoms with Crippen molar-refractivity contribution in [1.29, 1.82) is 0 Å². The van der Waals surface area contributed by atoms with E-state index in [0.29, 0.717) is 6.54 Å². The van der Waals surface area contributed by atoms with Gasteiger partial charge in [0.15, 0.2) is 0 Å². The predicted molar refractivity (Wildman–Crippen MR) is 74.7 cm³/mol. The van der Waals surface area contributed by atoms with Gasteiger partial charge >= 0.3 is 0 Å². The topological polar surface area (TPSA) is 50.2 Å². The van der Waals surface area contributed by atoms with Gasteiger partial charge in [-0.15, -0.1) is 0 Å². The highest BCUT2D eigenvalue weighted by molar-refractivity contribution is 5.81. The molecule has 0 radical (unpaired) electrons. The lowest BCUT2D eigenvalue weighted by atomic mass is 10.2. The molecule has 5 heteroatoms. The number of likely N-dealkylation sites (tertiary alicyclic amines) is 1. The van der Waals surface area contributed by atoms with E-state index in [2.05, 4.69) is 23.4 Å². The first-order valence-corrected chi connectivity index (χ1v) is 7.15. The van der Waals surface area contributed by atoms with E-state index in [1.54, 1.807) is 0 Å². The lowest BCUT2D eigenvalue weighted by Gasteiger charge is -2.21. The summed E-state index contributed by atoms with van der Waals surface area (Å²) in [5.74, 6) is 0.218. The number of amides is 1. The number of hydrogen-bond donors (Lipinski definition) is 1. The molecule has 106 valence electrons. The zero-order valence-electron chi connectivity index (χ0n) is 12.1. The molecule has 1 aromatic rings. The monoisotopic (exact) mass is 264 g/mol. The lowest BCUT2D eigenvalue weighted by molar-refractivity contribution is -0.132. The molecule has 1 aliphatic heterocycles. The van der Waals surface area contributed by atoms with E-state index in [4.69, 9.17) is 0 Å². The van der Waals surface area contributed by atoms with Gasteiger partial charge in [0.05, 0.1) is 17.4 Å². The molecule has 1 N–H and O–H groups in total. The Morgan fingerprint density at radius 1 is 1.47 bits per heavy atom. The summed E-state index contributed by atoms with van der Waals surface area (Å²) in [7, 11) is 1.95. The third-order valence-corrected chi connectivity index (χ3v) is 3.77. The number of aryl methyl sites for hydroxylation is 2. The van der Waals surface area contributed by atoms with Crippen molar-refractivity contribution in [3.63, 3.8) is 0 Å². The van der Waals surface area contributed by atoms with Crippen molar-refractivity contribution >= 4 is 5.91 Å². The highest BCUT2D eigenvalue weighted by Gasteiger charge is 2.22. The largest absolute Gasteiger partial charge is 0.341 e. The third kappa shape index (κ3) is 3.35. The average Bonchev–Trinajstić information content (AvgIpc) is 3.04. The molecule has 0 spiro atoms. The van der Waals surface area contributed by atoms with Crippen molar-refractivity contribution in [1.82, 2.24) is 20.0 Å². The minimum atomic E-state index is -0.127. The first-order chi connectivity index (χ1) is 9.11. The van der Waals surface area contributed by atoms with Crippen LogP contribution >= 0.6 is 0 Å². The van der Waals surface area contributed by atoms with Crippen LogP contribution in [0.3, 0.4) is 0 Å². The van der Waals surface area contributed by atoms with Crippen molar-refractivity contribution in [2.45, 2.75) is 45.7 Å². The molecule has 0 bridgehead atoms. The molecule has 0 aliphatic carbocycles. The summed E-state index contributed by atoms with van der Waals surface area (Å²) < 4.78 is 1.89. The second-order valence-corrected chi connectivity index (χ2v) is 5.24. The molecule has 1 atom stereocenters. The van der Waals surface area contributed by atoms with E-state index in [1.165, 1.54) is 0 Å². The van der Waals surface area contributed by atoms with Gasteiger partial charge in [0, 0.05) is 26.7 Å². The van der Waals surface area contributed by atoms with Gasteiger partial charge in [0.1, 0.15) is 0 Å². The molecule has 0 aromatic carbocycles. The van der Waals surface area contributed by atoms with Gasteiger partial charge in [0.25, 0.3) is 0 Å². The predicted octanol–water partition coefficient (Wildman–Crippen LogP) is 1.08. The van der Waals surface area contributed by atoms with Crippen LogP contribution in [-0.4, -0.2) is 39.7 Å². The van der Waals surface area contributed by atoms with Crippen LogP contribution in [0.15, 0.2) is 6.07 Å². The van der Waals surface area contributed by atoms with Gasteiger partial charge < -0.3 is 10.2 Å². The van der Waals surface area contributed by atoms with E-state index < -0.39 is 0 Å². The molecule has 1 unspecified atom stereocenters. The van der Waals surface area contributed by atoms with Gasteiger partial charge in [-0.25, -0.2) is 0 Å². The molecule has 1 amide bonds. The third-order valence-electron chi connectivity index (χ3n) is 3.77. The summed E-state index contributed by atoms with van der Waals surface area (Å²) >= 11 is 0. The van der Waals surface area contributed by atoms with Crippen molar-refractivity contribution in [2.75, 3.05) is 13.1 Å². The van der Waals surface area contributed by atoms with Crippen LogP contribution in [0, 0.1) is 0 Å². The number of carbonyl (C=O) groups excluding carboxylic acids is 1. The molecular formula is C14H24N4O. The van der Waals surface area contributed by atoms with Crippen LogP contribution < -0.4 is 5.32 Å². The van der Waals surface area contributed by atoms with Crippen LogP contribution in [0.4, 0.5) is 0 Å². The molecule has 1 saturated heterocycles. The zero-order chi connectivity index (χ0) is 13.8. The Hall–Kier alpha value is -1.36. The smallest absolute Gasteiger partial charge is 0.239 e. The number of nitrogens with one attached hydrogen (secondary N) is 1. The Kier molecular flexibility index (Phi) is 4.58. The standard InChI is InChI=1S/C14H24N4O/c1-4-12-9-13(17(3)16-12)10-15-11(2)14(19)18-7-5-6-8-18/h9,11,15H,4-8,10H2,1-3H3. The molecule has 0 saturated carbocycles. The van der Waals surface area contributed by atoms with Crippen molar-refractivity contribution in [2.24, 2.45) is 7.05 Å². The van der Waals surface area contributed by atoms with Crippen LogP contribution in [0.2, 0.25) is 0 Å². The maximum atomic E-state index is 12.2. The van der Waals surface area contributed by atoms with E-state index in [-0.39, 0.29) is 11.9 Å². The Morgan fingerprint density at radius 3 is 2.74 bits per heavy atom. The second-order valence-electron chi connectivity index (χ2n) is 5.24. The SMILES string of the molecule is CCc1cc(CNC(C)C(=O)N2CCCC2)n(C)n1. The Bertz CT molecular complexity index is 435. The van der Waals surface area contributed by atoms with Gasteiger partial charge in [-0.05, 0) is 32.3 Å². The molecule has 2 rings (SSSR count). The minimum Gasteiger partial charge on any atom is -0.341 e. The first-order valence-electron chi connectivity index (χ1n) is 7.15. The fourth-order valence-electron chi connectivity index (χ4n) is 2.47. The number of aromatic nitrogens is 2. The summed E-state index contributed by atoms with van der Waals surface area (Å²) in [4.78, 5) is 14.1. The van der Waals surface area contributed by atoms with Crippen LogP contribution in [0.1, 0.15) is 38.1 Å². The number of carbonyl (C=O) groups is 1. The summed E-state index contributed by atoms with van der Waals surface area (Å²) in [5, 5.41) is 7.71. The van der Waals surface area contributed by atoms with Gasteiger partial charge in [-0.3, -0.25) is 9.48 Å². The second kappa shape index (κ2) is 6.19. The molecule has 1 fully saturated rings. The van der Waals surface area contributed by atoms with E-state index in [1.807, 2.05) is 23.6 Å². The van der Waals surface area contributed by atoms with E-state index >= 15 is 0 Å². The van der Waals surface area contributed by atoms with Crippen molar-refractivity contribution in [3.8, 4) is 0 Å². The van der Waals surface area contributed by atoms with Crippen LogP contribution in [0.25, 0.3) is 0 Å². The van der Waals surface area contributed by atoms with E-state index in [0.717, 1.165) is 43.7 Å². The summed E-state index contributed by atoms with van der Waals surface area (Å²) in [6.07, 6.45) is 3.22. The quantitative estimate of drug-likeness (QED) is 0.866. The van der Waals surface area contributed by atoms with Crippen LogP contribution in [-0.2, 0) is 24.8 Å². The van der Waals surface area contributed by atoms with E-state index in [9.17, 15) is 4.79 Å². The Labute approximate surface area is 115 Å². The fourth-order valence-corrected chi connectivity index (χ4v) is 2.47. The van der Waals surface area contributed by atoms with Gasteiger partial charge in [-0.2, -0.15) is 5.10 Å². The maximum absolute atomic E-state index is 12.2. The van der Waals surface area contributed by atoms with Crippen LogP contribution in [0.5, 0.6) is 0 Å². The summed E-state index contributed by atoms with van der Waals surface area (Å²) in [6, 6.07) is 1.97. The molecule has 1 aliphatic rings. The molecule has 5 nitrogen and oxygen atoms in total. The minimum absolute atomic E-state index is 0.127. The lowest BCUT2D eigenvalue weighted by Crippen LogP contribution is -2.43. The number of rotatable bonds is 5. The zero-order valence-corrected chi connectivity index (χ0v) is 12.1. The van der Waals surface area contributed by atoms with Crippen molar-refractivity contribution < 1.29 is 4.79 Å². The normalized spacial score (nSPS) is 16.9. The molecule has 1 aromatic heterocycles. The molecule has 19 heavy (non-hydrogen) atoms. The Morgan fingerprint density at radius 2 is 2.16 bits per heavy atom.